The first-order chi connectivity index (χ1) is 7.61. The van der Waals surface area contributed by atoms with Crippen LogP contribution in [0.15, 0.2) is 36.4 Å². The van der Waals surface area contributed by atoms with E-state index in [1.807, 2.05) is 36.4 Å². The average Bonchev–Trinajstić information content (AvgIpc) is 2.24. The molecule has 0 fully saturated rings. The van der Waals surface area contributed by atoms with E-state index in [-0.39, 0.29) is 11.8 Å². The van der Waals surface area contributed by atoms with Gasteiger partial charge in [-0.15, -0.1) is 0 Å². The number of nitrogens with zero attached hydrogens (tertiary/aromatic N) is 1. The fourth-order valence-electron chi connectivity index (χ4n) is 1.34. The number of rotatable bonds is 3. The van der Waals surface area contributed by atoms with Crippen LogP contribution in [0.3, 0.4) is 0 Å². The molecule has 0 heterocycles. The lowest BCUT2D eigenvalue weighted by atomic mass is 10.2. The minimum absolute atomic E-state index is 0.231. The maximum absolute atomic E-state index is 11.1. The first-order valence-electron chi connectivity index (χ1n) is 5.11. The van der Waals surface area contributed by atoms with Gasteiger partial charge in [-0.25, -0.2) is 0 Å². The van der Waals surface area contributed by atoms with Gasteiger partial charge in [0.1, 0.15) is 0 Å². The molecule has 0 N–H and O–H groups in total. The zero-order chi connectivity index (χ0) is 12.0. The summed E-state index contributed by atoms with van der Waals surface area (Å²) in [5.74, 6) is -0.463. The molecule has 0 radical (unpaired) electrons. The fourth-order valence-corrected chi connectivity index (χ4v) is 1.34. The number of carbonyl (C=O) groups excluding carboxylic acids is 2. The van der Waals surface area contributed by atoms with Crippen LogP contribution in [0.2, 0.25) is 0 Å². The Morgan fingerprint density at radius 2 is 1.69 bits per heavy atom. The molecule has 0 saturated carbocycles. The second-order valence-corrected chi connectivity index (χ2v) is 3.46. The summed E-state index contributed by atoms with van der Waals surface area (Å²) < 4.78 is 0. The largest absolute Gasteiger partial charge is 0.279 e. The lowest BCUT2D eigenvalue weighted by Crippen LogP contribution is -2.33. The summed E-state index contributed by atoms with van der Waals surface area (Å²) in [4.78, 5) is 23.4. The molecule has 0 unspecified atom stereocenters. The topological polar surface area (TPSA) is 37.4 Å². The van der Waals surface area contributed by atoms with E-state index in [9.17, 15) is 9.59 Å². The highest BCUT2D eigenvalue weighted by molar-refractivity contribution is 5.93. The fraction of sp³-hybridized carbons (Fsp3) is 0.231. The average molecular weight is 217 g/mol. The normalized spacial score (nSPS) is 10.4. The first-order valence-corrected chi connectivity index (χ1v) is 5.11. The number of benzene rings is 1. The zero-order valence-electron chi connectivity index (χ0n) is 9.51. The van der Waals surface area contributed by atoms with Crippen LogP contribution in [-0.2, 0) is 9.59 Å². The van der Waals surface area contributed by atoms with Crippen LogP contribution in [0.25, 0.3) is 6.08 Å². The molecule has 0 aromatic heterocycles. The Kier molecular flexibility index (Phi) is 4.45. The van der Waals surface area contributed by atoms with Gasteiger partial charge in [-0.3, -0.25) is 14.5 Å². The maximum Gasteiger partial charge on any atom is 0.226 e. The summed E-state index contributed by atoms with van der Waals surface area (Å²) in [6.45, 7) is 3.09. The third kappa shape index (κ3) is 3.69. The Hall–Kier alpha value is -1.90. The Morgan fingerprint density at radius 3 is 2.19 bits per heavy atom. The molecule has 3 heteroatoms. The third-order valence-electron chi connectivity index (χ3n) is 2.16. The highest BCUT2D eigenvalue weighted by Crippen LogP contribution is 2.01. The van der Waals surface area contributed by atoms with Crippen molar-refractivity contribution >= 4 is 17.9 Å². The smallest absolute Gasteiger partial charge is 0.226 e. The van der Waals surface area contributed by atoms with Crippen molar-refractivity contribution in [2.75, 3.05) is 6.54 Å². The molecule has 1 aromatic rings. The predicted octanol–water partition coefficient (Wildman–Crippen LogP) is 2.09. The van der Waals surface area contributed by atoms with Crippen molar-refractivity contribution < 1.29 is 9.59 Å². The lowest BCUT2D eigenvalue weighted by molar-refractivity contribution is -0.141. The Morgan fingerprint density at radius 1 is 1.12 bits per heavy atom. The van der Waals surface area contributed by atoms with Gasteiger partial charge in [-0.05, 0) is 5.56 Å². The van der Waals surface area contributed by atoms with E-state index in [4.69, 9.17) is 0 Å². The predicted molar refractivity (Wildman–Crippen MR) is 63.5 cm³/mol. The third-order valence-corrected chi connectivity index (χ3v) is 2.16. The van der Waals surface area contributed by atoms with Crippen LogP contribution in [-0.4, -0.2) is 23.3 Å². The van der Waals surface area contributed by atoms with E-state index in [1.165, 1.54) is 18.7 Å². The Bertz CT molecular complexity index is 382. The molecule has 0 aliphatic carbocycles. The van der Waals surface area contributed by atoms with Crippen LogP contribution < -0.4 is 0 Å². The summed E-state index contributed by atoms with van der Waals surface area (Å²) in [5, 5.41) is 0. The molecule has 0 aliphatic heterocycles. The van der Waals surface area contributed by atoms with Crippen molar-refractivity contribution in [1.29, 1.82) is 0 Å². The van der Waals surface area contributed by atoms with E-state index in [1.54, 1.807) is 6.08 Å². The zero-order valence-corrected chi connectivity index (χ0v) is 9.51. The van der Waals surface area contributed by atoms with Crippen LogP contribution >= 0.6 is 0 Å². The highest BCUT2D eigenvalue weighted by atomic mass is 16.2. The van der Waals surface area contributed by atoms with Crippen molar-refractivity contribution in [1.82, 2.24) is 4.90 Å². The summed E-state index contributed by atoms with van der Waals surface area (Å²) >= 11 is 0. The van der Waals surface area contributed by atoms with E-state index >= 15 is 0 Å². The van der Waals surface area contributed by atoms with Crippen LogP contribution in [0.5, 0.6) is 0 Å². The van der Waals surface area contributed by atoms with Gasteiger partial charge >= 0.3 is 0 Å². The van der Waals surface area contributed by atoms with Gasteiger partial charge < -0.3 is 0 Å². The Labute approximate surface area is 95.4 Å². The highest BCUT2D eigenvalue weighted by Gasteiger charge is 2.10. The molecule has 0 atom stereocenters. The molecule has 16 heavy (non-hydrogen) atoms. The lowest BCUT2D eigenvalue weighted by Gasteiger charge is -2.13. The van der Waals surface area contributed by atoms with E-state index in [0.717, 1.165) is 5.56 Å². The molecule has 2 amide bonds. The summed E-state index contributed by atoms with van der Waals surface area (Å²) in [6, 6.07) is 9.74. The monoisotopic (exact) mass is 217 g/mol. The summed E-state index contributed by atoms with van der Waals surface area (Å²) in [6.07, 6.45) is 3.69. The van der Waals surface area contributed by atoms with Gasteiger partial charge in [-0.1, -0.05) is 42.5 Å². The van der Waals surface area contributed by atoms with Crippen LogP contribution in [0.4, 0.5) is 0 Å². The SMILES string of the molecule is CC(=O)N(C/C=C/c1ccccc1)C(C)=O. The number of hydrogen-bond donors (Lipinski definition) is 0. The minimum atomic E-state index is -0.231. The van der Waals surface area contributed by atoms with Crippen molar-refractivity contribution in [3.63, 3.8) is 0 Å². The summed E-state index contributed by atoms with van der Waals surface area (Å²) in [5.41, 5.74) is 1.05. The van der Waals surface area contributed by atoms with Gasteiger partial charge in [0, 0.05) is 20.4 Å². The second-order valence-electron chi connectivity index (χ2n) is 3.46. The molecule has 1 aromatic carbocycles. The number of hydrogen-bond acceptors (Lipinski definition) is 2. The van der Waals surface area contributed by atoms with Gasteiger partial charge in [0.15, 0.2) is 0 Å². The first kappa shape index (κ1) is 12.2. The van der Waals surface area contributed by atoms with Crippen LogP contribution in [0.1, 0.15) is 19.4 Å². The van der Waals surface area contributed by atoms with Gasteiger partial charge in [0.25, 0.3) is 0 Å². The molecule has 0 spiro atoms. The Balaban J connectivity index is 2.59. The van der Waals surface area contributed by atoms with Gasteiger partial charge in [0.05, 0.1) is 0 Å². The minimum Gasteiger partial charge on any atom is -0.279 e. The number of imide groups is 1. The van der Waals surface area contributed by atoms with E-state index < -0.39 is 0 Å². The standard InChI is InChI=1S/C13H15NO2/c1-11(15)14(12(2)16)10-6-9-13-7-4-3-5-8-13/h3-9H,10H2,1-2H3/b9-6+. The molecule has 0 aliphatic rings. The molecule has 0 bridgehead atoms. The molecule has 1 rings (SSSR count). The summed E-state index contributed by atoms with van der Waals surface area (Å²) in [7, 11) is 0. The molecule has 84 valence electrons. The van der Waals surface area contributed by atoms with Crippen molar-refractivity contribution in [2.45, 2.75) is 13.8 Å². The molecule has 3 nitrogen and oxygen atoms in total. The molecule has 0 saturated heterocycles. The van der Waals surface area contributed by atoms with Gasteiger partial charge in [-0.2, -0.15) is 0 Å². The van der Waals surface area contributed by atoms with E-state index in [2.05, 4.69) is 0 Å². The quantitative estimate of drug-likeness (QED) is 0.777. The van der Waals surface area contributed by atoms with Crippen LogP contribution in [0, 0.1) is 0 Å². The van der Waals surface area contributed by atoms with Gasteiger partial charge in [0.2, 0.25) is 11.8 Å². The molecular formula is C13H15NO2. The second kappa shape index (κ2) is 5.85. The maximum atomic E-state index is 11.1. The molecular weight excluding hydrogens is 202 g/mol. The number of carbonyl (C=O) groups is 2. The van der Waals surface area contributed by atoms with Crippen molar-refractivity contribution in [3.8, 4) is 0 Å². The van der Waals surface area contributed by atoms with Crippen molar-refractivity contribution in [3.05, 3.63) is 42.0 Å². The van der Waals surface area contributed by atoms with E-state index in [0.29, 0.717) is 6.54 Å². The van der Waals surface area contributed by atoms with Crippen molar-refractivity contribution in [2.24, 2.45) is 0 Å². The number of amides is 2.